The first-order chi connectivity index (χ1) is 12.2. The van der Waals surface area contributed by atoms with Gasteiger partial charge in [0, 0.05) is 26.7 Å². The van der Waals surface area contributed by atoms with Crippen LogP contribution in [0.1, 0.15) is 26.2 Å². The van der Waals surface area contributed by atoms with Gasteiger partial charge >= 0.3 is 0 Å². The third-order valence-corrected chi connectivity index (χ3v) is 4.76. The van der Waals surface area contributed by atoms with Crippen molar-refractivity contribution in [3.05, 3.63) is 24.3 Å². The summed E-state index contributed by atoms with van der Waals surface area (Å²) >= 11 is 0. The van der Waals surface area contributed by atoms with Crippen molar-refractivity contribution in [2.75, 3.05) is 43.6 Å². The zero-order valence-corrected chi connectivity index (χ0v) is 15.1. The Morgan fingerprint density at radius 1 is 1.24 bits per heavy atom. The molecule has 25 heavy (non-hydrogen) atoms. The molecule has 0 radical (unpaired) electrons. The van der Waals surface area contributed by atoms with Gasteiger partial charge in [0.05, 0.1) is 23.7 Å². The quantitative estimate of drug-likeness (QED) is 0.805. The van der Waals surface area contributed by atoms with Crippen LogP contribution in [-0.2, 0) is 4.74 Å². The van der Waals surface area contributed by atoms with E-state index in [2.05, 4.69) is 17.1 Å². The largest absolute Gasteiger partial charge is 0.391 e. The molecule has 2 heterocycles. The molecule has 0 saturated carbocycles. The first kappa shape index (κ1) is 17.9. The molecular weight excluding hydrogens is 316 g/mol. The fourth-order valence-corrected chi connectivity index (χ4v) is 3.18. The van der Waals surface area contributed by atoms with Gasteiger partial charge in [0.2, 0.25) is 0 Å². The van der Waals surface area contributed by atoms with Crippen molar-refractivity contribution in [2.24, 2.45) is 5.92 Å². The molecule has 0 spiro atoms. The van der Waals surface area contributed by atoms with Crippen molar-refractivity contribution in [2.45, 2.75) is 32.3 Å². The van der Waals surface area contributed by atoms with E-state index in [1.165, 1.54) is 12.8 Å². The van der Waals surface area contributed by atoms with Crippen molar-refractivity contribution < 1.29 is 9.84 Å². The molecule has 136 valence electrons. The average molecular weight is 344 g/mol. The molecule has 0 aliphatic carbocycles. The van der Waals surface area contributed by atoms with Gasteiger partial charge in [0.15, 0.2) is 11.6 Å². The van der Waals surface area contributed by atoms with E-state index in [0.717, 1.165) is 41.7 Å². The van der Waals surface area contributed by atoms with Gasteiger partial charge in [-0.05, 0) is 37.3 Å². The van der Waals surface area contributed by atoms with Crippen LogP contribution in [0.15, 0.2) is 24.3 Å². The summed E-state index contributed by atoms with van der Waals surface area (Å²) < 4.78 is 4.98. The Balaban J connectivity index is 1.79. The molecule has 1 aliphatic heterocycles. The number of hydrogen-bond acceptors (Lipinski definition) is 6. The number of benzene rings is 1. The number of nitrogens with zero attached hydrogens (tertiary/aromatic N) is 3. The van der Waals surface area contributed by atoms with Crippen LogP contribution in [0.5, 0.6) is 0 Å². The van der Waals surface area contributed by atoms with Gasteiger partial charge in [-0.15, -0.1) is 0 Å². The molecule has 6 nitrogen and oxygen atoms in total. The van der Waals surface area contributed by atoms with E-state index in [9.17, 15) is 5.11 Å². The Kier molecular flexibility index (Phi) is 6.04. The fourth-order valence-electron chi connectivity index (χ4n) is 3.18. The third-order valence-electron chi connectivity index (χ3n) is 4.76. The van der Waals surface area contributed by atoms with Gasteiger partial charge < -0.3 is 20.1 Å². The number of para-hydroxylation sites is 2. The molecule has 1 fully saturated rings. The van der Waals surface area contributed by atoms with Crippen LogP contribution in [0.3, 0.4) is 0 Å². The number of aliphatic hydroxyl groups is 1. The molecule has 1 aromatic carbocycles. The monoisotopic (exact) mass is 344 g/mol. The van der Waals surface area contributed by atoms with E-state index in [1.807, 2.05) is 24.3 Å². The number of methoxy groups -OCH3 is 1. The molecular formula is C19H28N4O2. The van der Waals surface area contributed by atoms with Gasteiger partial charge in [0.1, 0.15) is 0 Å². The predicted molar refractivity (Wildman–Crippen MR) is 101 cm³/mol. The number of hydrogen-bond donors (Lipinski definition) is 2. The van der Waals surface area contributed by atoms with Crippen LogP contribution >= 0.6 is 0 Å². The maximum Gasteiger partial charge on any atom is 0.172 e. The minimum absolute atomic E-state index is 0.349. The number of aliphatic hydroxyl groups excluding tert-OH is 1. The SMILES string of the molecule is COCC(O)CCNc1nc2ccccc2nc1N1CCC(C)CC1. The van der Waals surface area contributed by atoms with Crippen molar-refractivity contribution >= 4 is 22.7 Å². The molecule has 3 rings (SSSR count). The zero-order chi connectivity index (χ0) is 17.6. The highest BCUT2D eigenvalue weighted by Gasteiger charge is 2.21. The summed E-state index contributed by atoms with van der Waals surface area (Å²) in [5, 5.41) is 13.2. The molecule has 1 unspecified atom stereocenters. The van der Waals surface area contributed by atoms with E-state index in [0.29, 0.717) is 19.6 Å². The molecule has 1 atom stereocenters. The van der Waals surface area contributed by atoms with Crippen molar-refractivity contribution in [3.8, 4) is 0 Å². The molecule has 2 aromatic rings. The number of ether oxygens (including phenoxy) is 1. The zero-order valence-electron chi connectivity index (χ0n) is 15.1. The van der Waals surface area contributed by atoms with Crippen molar-refractivity contribution in [3.63, 3.8) is 0 Å². The summed E-state index contributed by atoms with van der Waals surface area (Å²) in [6, 6.07) is 7.96. The second kappa shape index (κ2) is 8.45. The van der Waals surface area contributed by atoms with Crippen LogP contribution in [-0.4, -0.2) is 54.5 Å². The topological polar surface area (TPSA) is 70.5 Å². The third kappa shape index (κ3) is 4.58. The highest BCUT2D eigenvalue weighted by molar-refractivity contribution is 5.80. The minimum Gasteiger partial charge on any atom is -0.391 e. The predicted octanol–water partition coefficient (Wildman–Crippen LogP) is 2.68. The summed E-state index contributed by atoms with van der Waals surface area (Å²) in [5.74, 6) is 2.50. The van der Waals surface area contributed by atoms with Crippen LogP contribution < -0.4 is 10.2 Å². The smallest absolute Gasteiger partial charge is 0.172 e. The Labute approximate surface area is 149 Å². The molecule has 2 N–H and O–H groups in total. The van der Waals surface area contributed by atoms with Gasteiger partial charge in [-0.2, -0.15) is 0 Å². The normalized spacial score (nSPS) is 17.0. The molecule has 1 saturated heterocycles. The molecule has 6 heteroatoms. The lowest BCUT2D eigenvalue weighted by molar-refractivity contribution is 0.0615. The van der Waals surface area contributed by atoms with Crippen LogP contribution in [0.2, 0.25) is 0 Å². The summed E-state index contributed by atoms with van der Waals surface area (Å²) in [7, 11) is 1.60. The number of nitrogens with one attached hydrogen (secondary N) is 1. The number of anilines is 2. The highest BCUT2D eigenvalue weighted by Crippen LogP contribution is 2.28. The lowest BCUT2D eigenvalue weighted by atomic mass is 9.99. The standard InChI is InChI=1S/C19H28N4O2/c1-14-8-11-23(12-9-14)19-18(20-10-7-15(24)13-25-2)21-16-5-3-4-6-17(16)22-19/h3-6,14-15,24H,7-13H2,1-2H3,(H,20,21). The summed E-state index contributed by atoms with van der Waals surface area (Å²) in [6.45, 7) is 5.31. The maximum atomic E-state index is 9.83. The molecule has 1 aromatic heterocycles. The lowest BCUT2D eigenvalue weighted by Gasteiger charge is -2.32. The summed E-state index contributed by atoms with van der Waals surface area (Å²) in [5.41, 5.74) is 1.80. The first-order valence-corrected chi connectivity index (χ1v) is 9.10. The van der Waals surface area contributed by atoms with E-state index in [1.54, 1.807) is 7.11 Å². The average Bonchev–Trinajstić information content (AvgIpc) is 2.62. The number of rotatable bonds is 7. The summed E-state index contributed by atoms with van der Waals surface area (Å²) in [6.07, 6.45) is 2.50. The maximum absolute atomic E-state index is 9.83. The summed E-state index contributed by atoms with van der Waals surface area (Å²) in [4.78, 5) is 12.0. The van der Waals surface area contributed by atoms with Crippen LogP contribution in [0, 0.1) is 5.92 Å². The first-order valence-electron chi connectivity index (χ1n) is 9.10. The van der Waals surface area contributed by atoms with Gasteiger partial charge in [-0.25, -0.2) is 9.97 Å². The van der Waals surface area contributed by atoms with E-state index >= 15 is 0 Å². The Hall–Kier alpha value is -1.92. The van der Waals surface area contributed by atoms with E-state index in [4.69, 9.17) is 14.7 Å². The number of piperidine rings is 1. The van der Waals surface area contributed by atoms with Gasteiger partial charge in [-0.3, -0.25) is 0 Å². The number of fused-ring (bicyclic) bond motifs is 1. The van der Waals surface area contributed by atoms with Crippen molar-refractivity contribution in [1.82, 2.24) is 9.97 Å². The Morgan fingerprint density at radius 3 is 2.60 bits per heavy atom. The second-order valence-electron chi connectivity index (χ2n) is 6.88. The molecule has 0 amide bonds. The fraction of sp³-hybridized carbons (Fsp3) is 0.579. The second-order valence-corrected chi connectivity index (χ2v) is 6.88. The van der Waals surface area contributed by atoms with Crippen LogP contribution in [0.25, 0.3) is 11.0 Å². The van der Waals surface area contributed by atoms with Gasteiger partial charge in [0.25, 0.3) is 0 Å². The van der Waals surface area contributed by atoms with Gasteiger partial charge in [-0.1, -0.05) is 19.1 Å². The van der Waals surface area contributed by atoms with Crippen molar-refractivity contribution in [1.29, 1.82) is 0 Å². The van der Waals surface area contributed by atoms with E-state index in [-0.39, 0.29) is 0 Å². The molecule has 0 bridgehead atoms. The highest BCUT2D eigenvalue weighted by atomic mass is 16.5. The number of aromatic nitrogens is 2. The lowest BCUT2D eigenvalue weighted by Crippen LogP contribution is -2.34. The van der Waals surface area contributed by atoms with Crippen LogP contribution in [0.4, 0.5) is 11.6 Å². The Morgan fingerprint density at radius 2 is 1.92 bits per heavy atom. The minimum atomic E-state index is -0.467. The van der Waals surface area contributed by atoms with E-state index < -0.39 is 6.10 Å². The Bertz CT molecular complexity index is 686. The molecule has 1 aliphatic rings.